The molecule has 8 heteroatoms. The summed E-state index contributed by atoms with van der Waals surface area (Å²) >= 11 is 0. The summed E-state index contributed by atoms with van der Waals surface area (Å²) in [5.74, 6) is -1.17. The normalized spacial score (nSPS) is 10.2. The quantitative estimate of drug-likeness (QED) is 0.843. The van der Waals surface area contributed by atoms with E-state index in [9.17, 15) is 14.4 Å². The van der Waals surface area contributed by atoms with E-state index in [1.54, 1.807) is 12.1 Å². The summed E-state index contributed by atoms with van der Waals surface area (Å²) in [5, 5.41) is 8.01. The number of benzene rings is 1. The van der Waals surface area contributed by atoms with Crippen LogP contribution in [0.3, 0.4) is 0 Å². The molecule has 0 bridgehead atoms. The second-order valence-electron chi connectivity index (χ2n) is 4.30. The molecule has 110 valence electrons. The maximum Gasteiger partial charge on any atom is 0.442 e. The Morgan fingerprint density at radius 2 is 2.05 bits per heavy atom. The Balaban J connectivity index is 2.32. The van der Waals surface area contributed by atoms with Crippen molar-refractivity contribution in [2.75, 3.05) is 7.05 Å². The van der Waals surface area contributed by atoms with E-state index in [0.29, 0.717) is 5.56 Å². The molecule has 0 fully saturated rings. The Labute approximate surface area is 119 Å². The van der Waals surface area contributed by atoms with Crippen molar-refractivity contribution in [1.29, 1.82) is 0 Å². The van der Waals surface area contributed by atoms with Crippen LogP contribution < -0.4 is 16.4 Å². The van der Waals surface area contributed by atoms with Gasteiger partial charge in [0.1, 0.15) is 6.54 Å². The second-order valence-corrected chi connectivity index (χ2v) is 4.30. The van der Waals surface area contributed by atoms with Crippen LogP contribution in [-0.4, -0.2) is 28.7 Å². The first kappa shape index (κ1) is 14.5. The Bertz CT molecular complexity index is 732. The maximum atomic E-state index is 11.7. The molecule has 3 amide bonds. The van der Waals surface area contributed by atoms with E-state index < -0.39 is 17.7 Å². The number of imide groups is 1. The molecule has 1 aromatic carbocycles. The molecule has 0 radical (unpaired) electrons. The van der Waals surface area contributed by atoms with Gasteiger partial charge in [-0.25, -0.2) is 14.2 Å². The number of rotatable bonds is 3. The van der Waals surface area contributed by atoms with E-state index in [0.717, 1.165) is 10.1 Å². The number of carbonyl (C=O) groups is 2. The van der Waals surface area contributed by atoms with E-state index in [4.69, 9.17) is 0 Å². The SMILES string of the molecule is CNC(=O)NC(=O)Cn1c(-c2ccccc2C)noc1=O. The standard InChI is InChI=1S/C13H14N4O4/c1-8-5-3-4-6-9(8)11-16-21-13(20)17(11)7-10(18)15-12(19)14-2/h3-6H,7H2,1-2H3,(H2,14,15,18,19). The molecule has 0 saturated carbocycles. The third kappa shape index (κ3) is 3.16. The third-order valence-electron chi connectivity index (χ3n) is 2.85. The number of amides is 3. The summed E-state index contributed by atoms with van der Waals surface area (Å²) in [6.07, 6.45) is 0. The summed E-state index contributed by atoms with van der Waals surface area (Å²) in [6, 6.07) is 6.60. The molecule has 0 atom stereocenters. The summed E-state index contributed by atoms with van der Waals surface area (Å²) in [4.78, 5) is 34.4. The number of carbonyl (C=O) groups excluding carboxylic acids is 2. The van der Waals surface area contributed by atoms with Crippen LogP contribution in [0.25, 0.3) is 11.4 Å². The molecule has 0 unspecified atom stereocenters. The highest BCUT2D eigenvalue weighted by Crippen LogP contribution is 2.19. The van der Waals surface area contributed by atoms with Crippen molar-refractivity contribution in [3.63, 3.8) is 0 Å². The van der Waals surface area contributed by atoms with Gasteiger partial charge in [-0.2, -0.15) is 0 Å². The minimum Gasteiger partial charge on any atom is -0.341 e. The zero-order chi connectivity index (χ0) is 15.4. The van der Waals surface area contributed by atoms with Gasteiger partial charge in [-0.15, -0.1) is 0 Å². The molecular formula is C13H14N4O4. The molecule has 2 N–H and O–H groups in total. The summed E-state index contributed by atoms with van der Waals surface area (Å²) < 4.78 is 5.68. The number of aryl methyl sites for hydroxylation is 1. The lowest BCUT2D eigenvalue weighted by Gasteiger charge is -2.07. The Kier molecular flexibility index (Phi) is 4.17. The molecule has 21 heavy (non-hydrogen) atoms. The fourth-order valence-electron chi connectivity index (χ4n) is 1.80. The van der Waals surface area contributed by atoms with Gasteiger partial charge >= 0.3 is 11.8 Å². The van der Waals surface area contributed by atoms with Crippen LogP contribution in [0, 0.1) is 6.92 Å². The average molecular weight is 290 g/mol. The molecule has 2 aromatic rings. The lowest BCUT2D eigenvalue weighted by Crippen LogP contribution is -2.40. The molecule has 8 nitrogen and oxygen atoms in total. The van der Waals surface area contributed by atoms with Crippen molar-refractivity contribution in [1.82, 2.24) is 20.4 Å². The first-order valence-corrected chi connectivity index (χ1v) is 6.17. The molecule has 2 rings (SSSR count). The number of urea groups is 1. The van der Waals surface area contributed by atoms with Gasteiger partial charge in [0.05, 0.1) is 0 Å². The van der Waals surface area contributed by atoms with E-state index in [1.807, 2.05) is 19.1 Å². The van der Waals surface area contributed by atoms with Crippen molar-refractivity contribution in [3.05, 3.63) is 40.4 Å². The van der Waals surface area contributed by atoms with Crippen LogP contribution in [0.1, 0.15) is 5.56 Å². The van der Waals surface area contributed by atoms with Gasteiger partial charge in [0.2, 0.25) is 5.91 Å². The molecule has 0 saturated heterocycles. The Hall–Kier alpha value is -2.90. The van der Waals surface area contributed by atoms with Crippen LogP contribution >= 0.6 is 0 Å². The van der Waals surface area contributed by atoms with E-state index in [-0.39, 0.29) is 12.4 Å². The average Bonchev–Trinajstić information content (AvgIpc) is 2.80. The van der Waals surface area contributed by atoms with Crippen molar-refractivity contribution in [2.24, 2.45) is 0 Å². The molecular weight excluding hydrogens is 276 g/mol. The zero-order valence-electron chi connectivity index (χ0n) is 11.5. The minimum absolute atomic E-state index is 0.241. The van der Waals surface area contributed by atoms with Crippen LogP contribution in [0.4, 0.5) is 4.79 Å². The van der Waals surface area contributed by atoms with Crippen molar-refractivity contribution >= 4 is 11.9 Å². The lowest BCUT2D eigenvalue weighted by molar-refractivity contribution is -0.120. The highest BCUT2D eigenvalue weighted by Gasteiger charge is 2.17. The van der Waals surface area contributed by atoms with Crippen molar-refractivity contribution < 1.29 is 14.1 Å². The van der Waals surface area contributed by atoms with Gasteiger partial charge in [-0.1, -0.05) is 29.4 Å². The molecule has 0 aliphatic carbocycles. The van der Waals surface area contributed by atoms with Crippen LogP contribution in [0.2, 0.25) is 0 Å². The predicted octanol–water partition coefficient (Wildman–Crippen LogP) is 0.267. The molecule has 0 aliphatic heterocycles. The largest absolute Gasteiger partial charge is 0.442 e. The van der Waals surface area contributed by atoms with Gasteiger partial charge in [0.25, 0.3) is 0 Å². The molecule has 0 spiro atoms. The van der Waals surface area contributed by atoms with Crippen molar-refractivity contribution in [3.8, 4) is 11.4 Å². The van der Waals surface area contributed by atoms with Gasteiger partial charge in [-0.3, -0.25) is 14.6 Å². The topological polar surface area (TPSA) is 106 Å². The number of aromatic nitrogens is 2. The Morgan fingerprint density at radius 3 is 2.71 bits per heavy atom. The first-order chi connectivity index (χ1) is 10.0. The Morgan fingerprint density at radius 1 is 1.33 bits per heavy atom. The summed E-state index contributed by atoms with van der Waals surface area (Å²) in [5.41, 5.74) is 1.56. The summed E-state index contributed by atoms with van der Waals surface area (Å²) in [7, 11) is 1.38. The highest BCUT2D eigenvalue weighted by atomic mass is 16.5. The molecule has 1 heterocycles. The van der Waals surface area contributed by atoms with Gasteiger partial charge in [0, 0.05) is 12.6 Å². The van der Waals surface area contributed by atoms with Crippen LogP contribution in [0.15, 0.2) is 33.6 Å². The number of nitrogens with zero attached hydrogens (tertiary/aromatic N) is 2. The number of nitrogens with one attached hydrogen (secondary N) is 2. The second kappa shape index (κ2) is 6.04. The monoisotopic (exact) mass is 290 g/mol. The van der Waals surface area contributed by atoms with Crippen molar-refractivity contribution in [2.45, 2.75) is 13.5 Å². The maximum absolute atomic E-state index is 11.7. The lowest BCUT2D eigenvalue weighted by atomic mass is 10.1. The van der Waals surface area contributed by atoms with E-state index in [2.05, 4.69) is 20.3 Å². The fraction of sp³-hybridized carbons (Fsp3) is 0.231. The van der Waals surface area contributed by atoms with Gasteiger partial charge in [-0.05, 0) is 12.5 Å². The van der Waals surface area contributed by atoms with Crippen LogP contribution in [0.5, 0.6) is 0 Å². The predicted molar refractivity (Wildman–Crippen MR) is 73.5 cm³/mol. The van der Waals surface area contributed by atoms with Crippen LogP contribution in [-0.2, 0) is 11.3 Å². The first-order valence-electron chi connectivity index (χ1n) is 6.17. The molecule has 1 aromatic heterocycles. The van der Waals surface area contributed by atoms with E-state index >= 15 is 0 Å². The fourth-order valence-corrected chi connectivity index (χ4v) is 1.80. The molecule has 0 aliphatic rings. The smallest absolute Gasteiger partial charge is 0.341 e. The van der Waals surface area contributed by atoms with Gasteiger partial charge in [0.15, 0.2) is 5.82 Å². The highest BCUT2D eigenvalue weighted by molar-refractivity contribution is 5.94. The van der Waals surface area contributed by atoms with Gasteiger partial charge < -0.3 is 5.32 Å². The number of hydrogen-bond acceptors (Lipinski definition) is 5. The number of hydrogen-bond donors (Lipinski definition) is 2. The van der Waals surface area contributed by atoms with E-state index in [1.165, 1.54) is 7.05 Å². The minimum atomic E-state index is -0.764. The zero-order valence-corrected chi connectivity index (χ0v) is 11.5. The summed E-state index contributed by atoms with van der Waals surface area (Å²) in [6.45, 7) is 1.49. The third-order valence-corrected chi connectivity index (χ3v) is 2.85.